The van der Waals surface area contributed by atoms with Crippen LogP contribution in [0.1, 0.15) is 44.5 Å². The molecule has 1 atom stereocenters. The van der Waals surface area contributed by atoms with Gasteiger partial charge in [0.1, 0.15) is 11.3 Å². The van der Waals surface area contributed by atoms with Gasteiger partial charge in [0.25, 0.3) is 5.91 Å². The lowest BCUT2D eigenvalue weighted by Gasteiger charge is -2.14. The van der Waals surface area contributed by atoms with E-state index in [4.69, 9.17) is 0 Å². The zero-order chi connectivity index (χ0) is 22.2. The Labute approximate surface area is 179 Å². The maximum Gasteiger partial charge on any atom is 0.255 e. The van der Waals surface area contributed by atoms with Crippen molar-refractivity contribution in [2.75, 3.05) is 11.9 Å². The molecule has 9 heteroatoms. The van der Waals surface area contributed by atoms with Crippen LogP contribution in [0.5, 0.6) is 0 Å². The highest BCUT2D eigenvalue weighted by atomic mass is 19.1. The summed E-state index contributed by atoms with van der Waals surface area (Å²) >= 11 is 0. The number of nitrogens with zero attached hydrogens (tertiary/aromatic N) is 4. The van der Waals surface area contributed by atoms with E-state index in [9.17, 15) is 9.18 Å². The molecule has 0 fully saturated rings. The van der Waals surface area contributed by atoms with E-state index in [0.717, 1.165) is 28.6 Å². The van der Waals surface area contributed by atoms with Gasteiger partial charge in [-0.3, -0.25) is 4.79 Å². The van der Waals surface area contributed by atoms with E-state index in [1.165, 1.54) is 20.0 Å². The zero-order valence-electron chi connectivity index (χ0n) is 18.0. The molecule has 0 bridgehead atoms. The molecule has 1 unspecified atom stereocenters. The van der Waals surface area contributed by atoms with Gasteiger partial charge in [-0.05, 0) is 44.9 Å². The maximum atomic E-state index is 13.8. The van der Waals surface area contributed by atoms with E-state index in [0.29, 0.717) is 17.0 Å². The van der Waals surface area contributed by atoms with Crippen LogP contribution < -0.4 is 10.6 Å². The summed E-state index contributed by atoms with van der Waals surface area (Å²) in [6, 6.07) is 4.08. The minimum atomic E-state index is -1.49. The van der Waals surface area contributed by atoms with Crippen molar-refractivity contribution < 1.29 is 9.18 Å². The number of fused-ring (bicyclic) bond motifs is 2. The van der Waals surface area contributed by atoms with Crippen molar-refractivity contribution in [2.24, 2.45) is 0 Å². The Bertz CT molecular complexity index is 1240. The van der Waals surface area contributed by atoms with E-state index in [1.807, 2.05) is 18.3 Å². The van der Waals surface area contributed by atoms with Crippen molar-refractivity contribution in [2.45, 2.75) is 45.8 Å². The lowest BCUT2D eigenvalue weighted by molar-refractivity contribution is 0.0922. The standard InChI is InChI=1S/C22H26FN7O/c1-5-13(2)28-21-25-10-16-15(9-24-19(16)29-21)14-6-7-30-18(8-14)17(11-27-30)20(31)26-12-22(3,4)23/h6-11,13H,5,12H2,1-4H3,(H,26,31)(H2,24,25,28,29). The highest BCUT2D eigenvalue weighted by molar-refractivity contribution is 6.02. The van der Waals surface area contributed by atoms with E-state index >= 15 is 0 Å². The molecule has 4 aromatic rings. The summed E-state index contributed by atoms with van der Waals surface area (Å²) in [5.41, 5.74) is 2.08. The van der Waals surface area contributed by atoms with Crippen LogP contribution in [0.2, 0.25) is 0 Å². The third-order valence-electron chi connectivity index (χ3n) is 5.17. The molecular formula is C22H26FN7O. The third-order valence-corrected chi connectivity index (χ3v) is 5.17. The first kappa shape index (κ1) is 20.8. The Hall–Kier alpha value is -3.49. The van der Waals surface area contributed by atoms with Gasteiger partial charge in [-0.1, -0.05) is 6.92 Å². The Morgan fingerprint density at radius 2 is 2.16 bits per heavy atom. The summed E-state index contributed by atoms with van der Waals surface area (Å²) in [7, 11) is 0. The summed E-state index contributed by atoms with van der Waals surface area (Å²) in [6.07, 6.45) is 7.92. The molecule has 4 rings (SSSR count). The van der Waals surface area contributed by atoms with Crippen LogP contribution in [0.15, 0.2) is 36.9 Å². The van der Waals surface area contributed by atoms with Gasteiger partial charge >= 0.3 is 0 Å². The number of rotatable bonds is 7. The largest absolute Gasteiger partial charge is 0.352 e. The van der Waals surface area contributed by atoms with E-state index in [1.54, 1.807) is 16.9 Å². The monoisotopic (exact) mass is 423 g/mol. The van der Waals surface area contributed by atoms with Gasteiger partial charge in [0, 0.05) is 35.6 Å². The molecule has 4 heterocycles. The second kappa shape index (κ2) is 7.98. The molecule has 0 aromatic carbocycles. The quantitative estimate of drug-likeness (QED) is 0.418. The average Bonchev–Trinajstić information content (AvgIpc) is 3.34. The molecule has 1 amide bonds. The number of halogens is 1. The van der Waals surface area contributed by atoms with Gasteiger partial charge in [-0.15, -0.1) is 0 Å². The van der Waals surface area contributed by atoms with Gasteiger partial charge in [0.2, 0.25) is 5.95 Å². The number of H-pyrrole nitrogens is 1. The fraction of sp³-hybridized carbons (Fsp3) is 0.364. The number of anilines is 1. The Balaban J connectivity index is 1.67. The van der Waals surface area contributed by atoms with Gasteiger partial charge in [-0.2, -0.15) is 10.1 Å². The number of carbonyl (C=O) groups excluding carboxylic acids is 1. The summed E-state index contributed by atoms with van der Waals surface area (Å²) < 4.78 is 15.4. The van der Waals surface area contributed by atoms with E-state index < -0.39 is 5.67 Å². The molecule has 31 heavy (non-hydrogen) atoms. The summed E-state index contributed by atoms with van der Waals surface area (Å²) in [5, 5.41) is 11.0. The summed E-state index contributed by atoms with van der Waals surface area (Å²) in [6.45, 7) is 6.95. The van der Waals surface area contributed by atoms with Crippen LogP contribution in [0.4, 0.5) is 10.3 Å². The Morgan fingerprint density at radius 1 is 1.35 bits per heavy atom. The van der Waals surface area contributed by atoms with E-state index in [-0.39, 0.29) is 18.5 Å². The van der Waals surface area contributed by atoms with Gasteiger partial charge in [0.05, 0.1) is 23.8 Å². The number of hydrogen-bond acceptors (Lipinski definition) is 5. The number of aromatic amines is 1. The van der Waals surface area contributed by atoms with Crippen LogP contribution >= 0.6 is 0 Å². The molecule has 0 aliphatic heterocycles. The fourth-order valence-corrected chi connectivity index (χ4v) is 3.25. The van der Waals surface area contributed by atoms with Crippen LogP contribution in [0.3, 0.4) is 0 Å². The molecule has 8 nitrogen and oxygen atoms in total. The average molecular weight is 423 g/mol. The molecule has 0 saturated carbocycles. The molecule has 3 N–H and O–H groups in total. The van der Waals surface area contributed by atoms with Crippen molar-refractivity contribution >= 4 is 28.4 Å². The number of hydrogen-bond donors (Lipinski definition) is 3. The van der Waals surface area contributed by atoms with Crippen LogP contribution in [0, 0.1) is 0 Å². The first-order chi connectivity index (χ1) is 14.7. The summed E-state index contributed by atoms with van der Waals surface area (Å²) in [4.78, 5) is 24.8. The molecule has 0 spiro atoms. The van der Waals surface area contributed by atoms with Crippen molar-refractivity contribution in [3.05, 3.63) is 42.5 Å². The number of pyridine rings is 1. The minimum absolute atomic E-state index is 0.0737. The van der Waals surface area contributed by atoms with Crippen molar-refractivity contribution in [3.8, 4) is 11.1 Å². The van der Waals surface area contributed by atoms with Crippen LogP contribution in [-0.4, -0.2) is 48.7 Å². The van der Waals surface area contributed by atoms with Gasteiger partial charge in [-0.25, -0.2) is 13.9 Å². The van der Waals surface area contributed by atoms with Crippen LogP contribution in [-0.2, 0) is 0 Å². The first-order valence-corrected chi connectivity index (χ1v) is 10.3. The Morgan fingerprint density at radius 3 is 2.90 bits per heavy atom. The predicted molar refractivity (Wildman–Crippen MR) is 119 cm³/mol. The Kier molecular flexibility index (Phi) is 5.34. The zero-order valence-corrected chi connectivity index (χ0v) is 18.0. The smallest absolute Gasteiger partial charge is 0.255 e. The fourth-order valence-electron chi connectivity index (χ4n) is 3.25. The van der Waals surface area contributed by atoms with Crippen molar-refractivity contribution in [1.29, 1.82) is 0 Å². The molecule has 0 aliphatic rings. The molecule has 4 aromatic heterocycles. The maximum absolute atomic E-state index is 13.8. The summed E-state index contributed by atoms with van der Waals surface area (Å²) in [5.74, 6) is 0.220. The normalized spacial score (nSPS) is 12.9. The topological polar surface area (TPSA) is 100 Å². The minimum Gasteiger partial charge on any atom is -0.352 e. The SMILES string of the molecule is CCC(C)Nc1ncc2c(-c3ccn4ncc(C(=O)NCC(C)(C)F)c4c3)c[nH]c2n1. The number of nitrogens with one attached hydrogen (secondary N) is 3. The van der Waals surface area contributed by atoms with Crippen LogP contribution in [0.25, 0.3) is 27.7 Å². The molecule has 0 aliphatic carbocycles. The highest BCUT2D eigenvalue weighted by Crippen LogP contribution is 2.29. The highest BCUT2D eigenvalue weighted by Gasteiger charge is 2.20. The predicted octanol–water partition coefficient (Wildman–Crippen LogP) is 3.96. The second-order valence-electron chi connectivity index (χ2n) is 8.32. The molecule has 0 saturated heterocycles. The lowest BCUT2D eigenvalue weighted by Crippen LogP contribution is -2.35. The molecular weight excluding hydrogens is 397 g/mol. The van der Waals surface area contributed by atoms with Crippen molar-refractivity contribution in [1.82, 2.24) is 29.9 Å². The first-order valence-electron chi connectivity index (χ1n) is 10.3. The van der Waals surface area contributed by atoms with E-state index in [2.05, 4.69) is 44.5 Å². The second-order valence-corrected chi connectivity index (χ2v) is 8.32. The molecule has 162 valence electrons. The van der Waals surface area contributed by atoms with Gasteiger partial charge in [0.15, 0.2) is 0 Å². The number of amides is 1. The number of alkyl halides is 1. The third kappa shape index (κ3) is 4.35. The lowest BCUT2D eigenvalue weighted by atomic mass is 10.1. The number of carbonyl (C=O) groups is 1. The molecule has 0 radical (unpaired) electrons. The number of aromatic nitrogens is 5. The van der Waals surface area contributed by atoms with Crippen molar-refractivity contribution in [3.63, 3.8) is 0 Å². The van der Waals surface area contributed by atoms with Gasteiger partial charge < -0.3 is 15.6 Å².